The average Bonchev–Trinajstić information content (AvgIpc) is 2.24. The highest BCUT2D eigenvalue weighted by Gasteiger charge is 2.26. The maximum atomic E-state index is 12.5. The van der Waals surface area contributed by atoms with Gasteiger partial charge in [-0.15, -0.1) is 0 Å². The van der Waals surface area contributed by atoms with E-state index in [1.54, 1.807) is 12.1 Å². The Bertz CT molecular complexity index is 323. The minimum absolute atomic E-state index is 0.174. The zero-order valence-corrected chi connectivity index (χ0v) is 9.06. The molecule has 1 N–H and O–H groups in total. The number of benzene rings is 1. The lowest BCUT2D eigenvalue weighted by Crippen LogP contribution is -2.15. The summed E-state index contributed by atoms with van der Waals surface area (Å²) < 4.78 is 52.5. The van der Waals surface area contributed by atoms with Gasteiger partial charge in [-0.1, -0.05) is 0 Å². The molecule has 1 aromatic carbocycles. The number of halogens is 4. The van der Waals surface area contributed by atoms with E-state index in [1.807, 2.05) is 0 Å². The third-order valence-corrected chi connectivity index (χ3v) is 1.95. The van der Waals surface area contributed by atoms with Crippen molar-refractivity contribution in [1.82, 2.24) is 0 Å². The van der Waals surface area contributed by atoms with Gasteiger partial charge in [0.25, 0.3) is 0 Å². The van der Waals surface area contributed by atoms with Crippen molar-refractivity contribution < 1.29 is 22.3 Å². The monoisotopic (exact) mass is 251 g/mol. The van der Waals surface area contributed by atoms with E-state index >= 15 is 0 Å². The lowest BCUT2D eigenvalue weighted by molar-refractivity contribution is -0.144. The van der Waals surface area contributed by atoms with Crippen LogP contribution in [0.1, 0.15) is 6.42 Å². The highest BCUT2D eigenvalue weighted by atomic mass is 19.4. The number of ether oxygens (including phenoxy) is 1. The van der Waals surface area contributed by atoms with Crippen LogP contribution in [0.25, 0.3) is 0 Å². The van der Waals surface area contributed by atoms with Gasteiger partial charge in [-0.2, -0.15) is 13.2 Å². The molecule has 1 rings (SSSR count). The number of nitrogens with one attached hydrogen (secondary N) is 1. The normalized spacial score (nSPS) is 11.5. The molecule has 0 atom stereocenters. The van der Waals surface area contributed by atoms with Crippen LogP contribution in [-0.2, 0) is 4.74 Å². The van der Waals surface area contributed by atoms with Gasteiger partial charge >= 0.3 is 6.18 Å². The van der Waals surface area contributed by atoms with Crippen molar-refractivity contribution in [2.24, 2.45) is 0 Å². The molecule has 0 amide bonds. The molecule has 0 radical (unpaired) electrons. The molecule has 6 heteroatoms. The average molecular weight is 251 g/mol. The van der Waals surface area contributed by atoms with Crippen LogP contribution in [0.2, 0.25) is 0 Å². The topological polar surface area (TPSA) is 21.3 Å². The third-order valence-electron chi connectivity index (χ3n) is 1.95. The number of alkyl halides is 3. The first-order valence-electron chi connectivity index (χ1n) is 5.11. The molecule has 0 saturated carbocycles. The molecular formula is C11H13F4NO. The zero-order chi connectivity index (χ0) is 12.7. The number of hydrogen-bond donors (Lipinski definition) is 1. The summed E-state index contributed by atoms with van der Waals surface area (Å²) in [6, 6.07) is 5.69. The van der Waals surface area contributed by atoms with E-state index in [-0.39, 0.29) is 19.0 Å². The van der Waals surface area contributed by atoms with Gasteiger partial charge in [-0.05, 0) is 24.3 Å². The van der Waals surface area contributed by atoms with E-state index in [0.717, 1.165) is 0 Å². The van der Waals surface area contributed by atoms with Gasteiger partial charge < -0.3 is 10.1 Å². The molecule has 17 heavy (non-hydrogen) atoms. The summed E-state index contributed by atoms with van der Waals surface area (Å²) in [6.45, 7) is 0.214. The maximum absolute atomic E-state index is 12.5. The summed E-state index contributed by atoms with van der Waals surface area (Å²) in [6.07, 6.45) is -5.12. The Balaban J connectivity index is 2.07. The Morgan fingerprint density at radius 3 is 2.29 bits per heavy atom. The zero-order valence-electron chi connectivity index (χ0n) is 9.06. The summed E-state index contributed by atoms with van der Waals surface area (Å²) in [5, 5.41) is 2.90. The van der Waals surface area contributed by atoms with E-state index < -0.39 is 12.6 Å². The smallest absolute Gasteiger partial charge is 0.383 e. The predicted octanol–water partition coefficient (Wildman–Crippen LogP) is 3.21. The lowest BCUT2D eigenvalue weighted by Gasteiger charge is -2.08. The minimum atomic E-state index is -4.18. The molecule has 0 aliphatic carbocycles. The van der Waals surface area contributed by atoms with Crippen LogP contribution in [0, 0.1) is 5.82 Å². The standard InChI is InChI=1S/C11H13F4NO/c12-9-1-3-10(4-2-9)16-6-8-17-7-5-11(13,14)15/h1-4,16H,5-8H2. The molecule has 0 aliphatic heterocycles. The molecule has 96 valence electrons. The van der Waals surface area contributed by atoms with Crippen molar-refractivity contribution in [1.29, 1.82) is 0 Å². The third kappa shape index (κ3) is 6.78. The van der Waals surface area contributed by atoms with Crippen LogP contribution >= 0.6 is 0 Å². The SMILES string of the molecule is Fc1ccc(NCCOCCC(F)(F)F)cc1. The van der Waals surface area contributed by atoms with Gasteiger partial charge in [0.2, 0.25) is 0 Å². The first-order chi connectivity index (χ1) is 7.97. The second kappa shape index (κ2) is 6.44. The van der Waals surface area contributed by atoms with Gasteiger partial charge in [0.05, 0.1) is 19.6 Å². The molecule has 0 aliphatic rings. The molecule has 1 aromatic rings. The van der Waals surface area contributed by atoms with E-state index in [1.165, 1.54) is 12.1 Å². The van der Waals surface area contributed by atoms with Crippen LogP contribution in [0.4, 0.5) is 23.2 Å². The van der Waals surface area contributed by atoms with E-state index in [4.69, 9.17) is 4.74 Å². The van der Waals surface area contributed by atoms with Gasteiger partial charge in [0, 0.05) is 12.2 Å². The molecule has 0 saturated heterocycles. The van der Waals surface area contributed by atoms with Crippen LogP contribution in [0.15, 0.2) is 24.3 Å². The van der Waals surface area contributed by atoms with Crippen molar-refractivity contribution in [3.05, 3.63) is 30.1 Å². The summed E-state index contributed by atoms with van der Waals surface area (Å²) in [5.74, 6) is -0.336. The first kappa shape index (κ1) is 13.8. The van der Waals surface area contributed by atoms with Gasteiger partial charge in [-0.25, -0.2) is 4.39 Å². The summed E-state index contributed by atoms with van der Waals surface area (Å²) >= 11 is 0. The van der Waals surface area contributed by atoms with E-state index in [0.29, 0.717) is 12.2 Å². The highest BCUT2D eigenvalue weighted by molar-refractivity contribution is 5.42. The number of rotatable bonds is 6. The Morgan fingerprint density at radius 1 is 1.06 bits per heavy atom. The summed E-state index contributed by atoms with van der Waals surface area (Å²) in [4.78, 5) is 0. The highest BCUT2D eigenvalue weighted by Crippen LogP contribution is 2.18. The molecule has 0 bridgehead atoms. The van der Waals surface area contributed by atoms with Crippen molar-refractivity contribution in [3.8, 4) is 0 Å². The minimum Gasteiger partial charge on any atom is -0.383 e. The second-order valence-electron chi connectivity index (χ2n) is 3.41. The Kier molecular flexibility index (Phi) is 5.21. The summed E-state index contributed by atoms with van der Waals surface area (Å²) in [5.41, 5.74) is 0.700. The van der Waals surface area contributed by atoms with Crippen molar-refractivity contribution >= 4 is 5.69 Å². The maximum Gasteiger partial charge on any atom is 0.391 e. The van der Waals surface area contributed by atoms with E-state index in [9.17, 15) is 17.6 Å². The lowest BCUT2D eigenvalue weighted by atomic mass is 10.3. The molecular weight excluding hydrogens is 238 g/mol. The van der Waals surface area contributed by atoms with Crippen LogP contribution in [0.3, 0.4) is 0 Å². The van der Waals surface area contributed by atoms with Gasteiger partial charge in [0.1, 0.15) is 5.82 Å². The Hall–Kier alpha value is -1.30. The van der Waals surface area contributed by atoms with Crippen LogP contribution in [-0.4, -0.2) is 25.9 Å². The molecule has 0 unspecified atom stereocenters. The largest absolute Gasteiger partial charge is 0.391 e. The number of anilines is 1. The Labute approximate surface area is 96.6 Å². The van der Waals surface area contributed by atoms with Gasteiger partial charge in [0.15, 0.2) is 0 Å². The fourth-order valence-electron chi connectivity index (χ4n) is 1.13. The molecule has 0 aromatic heterocycles. The predicted molar refractivity (Wildman–Crippen MR) is 56.4 cm³/mol. The fraction of sp³-hybridized carbons (Fsp3) is 0.455. The molecule has 0 spiro atoms. The van der Waals surface area contributed by atoms with Gasteiger partial charge in [-0.3, -0.25) is 0 Å². The van der Waals surface area contributed by atoms with Crippen molar-refractivity contribution in [3.63, 3.8) is 0 Å². The molecule has 2 nitrogen and oxygen atoms in total. The quantitative estimate of drug-likeness (QED) is 0.619. The van der Waals surface area contributed by atoms with Crippen molar-refractivity contribution in [2.75, 3.05) is 25.1 Å². The Morgan fingerprint density at radius 2 is 1.71 bits per heavy atom. The van der Waals surface area contributed by atoms with Crippen LogP contribution < -0.4 is 5.32 Å². The molecule has 0 heterocycles. The first-order valence-corrected chi connectivity index (χ1v) is 5.11. The molecule has 0 fully saturated rings. The second-order valence-corrected chi connectivity index (χ2v) is 3.41. The van der Waals surface area contributed by atoms with Crippen LogP contribution in [0.5, 0.6) is 0 Å². The van der Waals surface area contributed by atoms with E-state index in [2.05, 4.69) is 5.32 Å². The van der Waals surface area contributed by atoms with Crippen molar-refractivity contribution in [2.45, 2.75) is 12.6 Å². The number of hydrogen-bond acceptors (Lipinski definition) is 2. The fourth-order valence-corrected chi connectivity index (χ4v) is 1.13. The summed E-state index contributed by atoms with van der Waals surface area (Å²) in [7, 11) is 0.